The van der Waals surface area contributed by atoms with Crippen LogP contribution in [0.5, 0.6) is 0 Å². The van der Waals surface area contributed by atoms with Gasteiger partial charge in [-0.2, -0.15) is 0 Å². The highest BCUT2D eigenvalue weighted by Crippen LogP contribution is 2.20. The molecule has 3 rings (SSSR count). The van der Waals surface area contributed by atoms with Crippen molar-refractivity contribution >= 4 is 20.6 Å². The van der Waals surface area contributed by atoms with E-state index in [1.165, 1.54) is 12.1 Å². The third-order valence-electron chi connectivity index (χ3n) is 3.34. The topological polar surface area (TPSA) is 99.9 Å². The van der Waals surface area contributed by atoms with Crippen molar-refractivity contribution in [1.82, 2.24) is 9.97 Å². The van der Waals surface area contributed by atoms with E-state index in [-0.39, 0.29) is 16.6 Å². The quantitative estimate of drug-likeness (QED) is 0.706. The summed E-state index contributed by atoms with van der Waals surface area (Å²) in [7, 11) is -3.83. The molecule has 118 valence electrons. The Morgan fingerprint density at radius 1 is 0.957 bits per heavy atom. The summed E-state index contributed by atoms with van der Waals surface area (Å²) in [5.74, 6) is -0.730. The Bertz CT molecular complexity index is 1120. The Hall–Kier alpha value is -2.74. The number of hydrogen-bond donors (Lipinski definition) is 2. The highest BCUT2D eigenvalue weighted by molar-refractivity contribution is 7.90. The molecule has 0 aliphatic carbocycles. The van der Waals surface area contributed by atoms with Crippen LogP contribution in [0.4, 0.5) is 4.39 Å². The molecule has 0 saturated carbocycles. The zero-order valence-corrected chi connectivity index (χ0v) is 12.5. The fourth-order valence-corrected chi connectivity index (χ4v) is 3.48. The Kier molecular flexibility index (Phi) is 3.61. The monoisotopic (exact) mass is 334 g/mol. The van der Waals surface area contributed by atoms with Crippen LogP contribution in [-0.2, 0) is 15.6 Å². The van der Waals surface area contributed by atoms with E-state index in [4.69, 9.17) is 0 Å². The van der Waals surface area contributed by atoms with Gasteiger partial charge < -0.3 is 9.97 Å². The van der Waals surface area contributed by atoms with Gasteiger partial charge in [-0.3, -0.25) is 9.59 Å². The summed E-state index contributed by atoms with van der Waals surface area (Å²) in [6, 6.07) is 9.04. The minimum atomic E-state index is -3.83. The predicted molar refractivity (Wildman–Crippen MR) is 82.5 cm³/mol. The fraction of sp³-hybridized carbons (Fsp3) is 0.0667. The molecular weight excluding hydrogens is 323 g/mol. The molecule has 0 aliphatic rings. The number of halogens is 1. The van der Waals surface area contributed by atoms with Gasteiger partial charge in [0.05, 0.1) is 5.75 Å². The highest BCUT2D eigenvalue weighted by atomic mass is 32.2. The van der Waals surface area contributed by atoms with Gasteiger partial charge in [-0.25, -0.2) is 12.8 Å². The van der Waals surface area contributed by atoms with Crippen molar-refractivity contribution in [2.24, 2.45) is 0 Å². The lowest BCUT2D eigenvalue weighted by Crippen LogP contribution is -2.30. The molecule has 2 aromatic carbocycles. The van der Waals surface area contributed by atoms with Crippen LogP contribution in [-0.4, -0.2) is 18.4 Å². The second-order valence-corrected chi connectivity index (χ2v) is 6.98. The molecule has 0 unspecified atom stereocenters. The molecule has 6 nitrogen and oxygen atoms in total. The van der Waals surface area contributed by atoms with Crippen LogP contribution in [0.3, 0.4) is 0 Å². The lowest BCUT2D eigenvalue weighted by Gasteiger charge is -2.06. The number of rotatable bonds is 3. The number of aromatic nitrogens is 2. The average molecular weight is 334 g/mol. The normalized spacial score (nSPS) is 11.7. The summed E-state index contributed by atoms with van der Waals surface area (Å²) < 4.78 is 37.7. The Balaban J connectivity index is 1.99. The standard InChI is InChI=1S/C15H11FN2O4S/c16-12-4-3-10-5-9(1-2-11(10)6-12)8-23(21,22)13-7-17-14(19)15(20)18-13/h1-7H,8H2,(H,17,19)(H,18,20). The molecule has 1 aromatic heterocycles. The third-order valence-corrected chi connectivity index (χ3v) is 4.94. The first-order valence-electron chi connectivity index (χ1n) is 6.58. The molecule has 0 saturated heterocycles. The number of sulfone groups is 1. The highest BCUT2D eigenvalue weighted by Gasteiger charge is 2.17. The first kappa shape index (κ1) is 15.2. The van der Waals surface area contributed by atoms with E-state index in [1.54, 1.807) is 24.3 Å². The summed E-state index contributed by atoms with van der Waals surface area (Å²) in [5.41, 5.74) is -1.46. The van der Waals surface area contributed by atoms with Crippen molar-refractivity contribution in [3.8, 4) is 0 Å². The maximum atomic E-state index is 13.1. The molecule has 0 spiro atoms. The van der Waals surface area contributed by atoms with E-state index in [0.29, 0.717) is 16.3 Å². The summed E-state index contributed by atoms with van der Waals surface area (Å²) in [5, 5.41) is 0.999. The maximum absolute atomic E-state index is 13.1. The smallest absolute Gasteiger partial charge is 0.314 e. The minimum Gasteiger partial charge on any atom is -0.322 e. The van der Waals surface area contributed by atoms with Gasteiger partial charge in [-0.15, -0.1) is 0 Å². The summed E-state index contributed by atoms with van der Waals surface area (Å²) in [6.07, 6.45) is 0.954. The summed E-state index contributed by atoms with van der Waals surface area (Å²) in [4.78, 5) is 26.4. The molecule has 0 radical (unpaired) electrons. The lowest BCUT2D eigenvalue weighted by molar-refractivity contribution is 0.590. The molecule has 3 aromatic rings. The molecule has 8 heteroatoms. The molecule has 1 heterocycles. The van der Waals surface area contributed by atoms with Crippen molar-refractivity contribution in [1.29, 1.82) is 0 Å². The zero-order chi connectivity index (χ0) is 16.6. The largest absolute Gasteiger partial charge is 0.322 e. The van der Waals surface area contributed by atoms with Crippen LogP contribution in [0.1, 0.15) is 5.56 Å². The van der Waals surface area contributed by atoms with Crippen molar-refractivity contribution in [3.05, 3.63) is 74.7 Å². The van der Waals surface area contributed by atoms with Gasteiger partial charge >= 0.3 is 11.1 Å². The molecule has 0 atom stereocenters. The average Bonchev–Trinajstić information content (AvgIpc) is 2.49. The predicted octanol–water partition coefficient (Wildman–Crippen LogP) is 1.33. The molecule has 2 N–H and O–H groups in total. The van der Waals surface area contributed by atoms with E-state index < -0.39 is 21.0 Å². The Morgan fingerprint density at radius 3 is 2.39 bits per heavy atom. The van der Waals surface area contributed by atoms with Crippen LogP contribution >= 0.6 is 0 Å². The van der Waals surface area contributed by atoms with Crippen molar-refractivity contribution in [3.63, 3.8) is 0 Å². The van der Waals surface area contributed by atoms with Gasteiger partial charge in [0, 0.05) is 6.20 Å². The molecule has 0 amide bonds. The number of hydrogen-bond acceptors (Lipinski definition) is 4. The van der Waals surface area contributed by atoms with Crippen molar-refractivity contribution in [2.45, 2.75) is 10.8 Å². The molecule has 0 fully saturated rings. The molecule has 0 bridgehead atoms. The van der Waals surface area contributed by atoms with Crippen LogP contribution in [0.25, 0.3) is 10.8 Å². The van der Waals surface area contributed by atoms with E-state index in [9.17, 15) is 22.4 Å². The van der Waals surface area contributed by atoms with Gasteiger partial charge in [0.15, 0.2) is 14.9 Å². The van der Waals surface area contributed by atoms with Gasteiger partial charge in [-0.05, 0) is 28.5 Å². The second-order valence-electron chi connectivity index (χ2n) is 5.02. The summed E-state index contributed by atoms with van der Waals surface area (Å²) >= 11 is 0. The van der Waals surface area contributed by atoms with Gasteiger partial charge in [0.2, 0.25) is 0 Å². The van der Waals surface area contributed by atoms with Crippen LogP contribution in [0.2, 0.25) is 0 Å². The Labute approximate surface area is 129 Å². The minimum absolute atomic E-state index is 0.359. The van der Waals surface area contributed by atoms with E-state index in [0.717, 1.165) is 6.20 Å². The Morgan fingerprint density at radius 2 is 1.65 bits per heavy atom. The zero-order valence-electron chi connectivity index (χ0n) is 11.7. The second kappa shape index (κ2) is 5.47. The first-order chi connectivity index (χ1) is 10.8. The maximum Gasteiger partial charge on any atom is 0.314 e. The van der Waals surface area contributed by atoms with Gasteiger partial charge in [0.25, 0.3) is 0 Å². The summed E-state index contributed by atoms with van der Waals surface area (Å²) in [6.45, 7) is 0. The van der Waals surface area contributed by atoms with Gasteiger partial charge in [0.1, 0.15) is 5.82 Å². The number of nitrogens with one attached hydrogen (secondary N) is 2. The SMILES string of the molecule is O=c1[nH]cc(S(=O)(=O)Cc2ccc3cc(F)ccc3c2)[nH]c1=O. The van der Waals surface area contributed by atoms with Crippen LogP contribution in [0.15, 0.2) is 57.2 Å². The number of H-pyrrole nitrogens is 2. The van der Waals surface area contributed by atoms with E-state index in [1.807, 2.05) is 4.98 Å². The number of benzene rings is 2. The van der Waals surface area contributed by atoms with E-state index in [2.05, 4.69) is 4.98 Å². The first-order valence-corrected chi connectivity index (χ1v) is 8.23. The fourth-order valence-electron chi connectivity index (χ4n) is 2.22. The van der Waals surface area contributed by atoms with Crippen LogP contribution in [0, 0.1) is 5.82 Å². The van der Waals surface area contributed by atoms with Gasteiger partial charge in [-0.1, -0.05) is 24.3 Å². The van der Waals surface area contributed by atoms with Crippen molar-refractivity contribution < 1.29 is 12.8 Å². The molecule has 0 aliphatic heterocycles. The molecular formula is C15H11FN2O4S. The number of fused-ring (bicyclic) bond motifs is 1. The third kappa shape index (κ3) is 3.07. The molecule has 23 heavy (non-hydrogen) atoms. The van der Waals surface area contributed by atoms with Crippen LogP contribution < -0.4 is 11.1 Å². The van der Waals surface area contributed by atoms with E-state index >= 15 is 0 Å². The number of aromatic amines is 2. The van der Waals surface area contributed by atoms with Crippen molar-refractivity contribution in [2.75, 3.05) is 0 Å². The lowest BCUT2D eigenvalue weighted by atomic mass is 10.1.